The molecule has 14 rings (SSSR count). The van der Waals surface area contributed by atoms with Gasteiger partial charge in [-0.15, -0.1) is 12.4 Å². The fraction of sp³-hybridized carbons (Fsp3) is 0.258. The van der Waals surface area contributed by atoms with Crippen molar-refractivity contribution in [1.82, 2.24) is 66.0 Å². The molecule has 0 spiro atoms. The zero-order valence-corrected chi connectivity index (χ0v) is 82.9. The van der Waals surface area contributed by atoms with Crippen LogP contribution in [0.5, 0.6) is 0 Å². The topological polar surface area (TPSA) is 362 Å². The van der Waals surface area contributed by atoms with Gasteiger partial charge in [0.05, 0.1) is 63.6 Å². The van der Waals surface area contributed by atoms with E-state index in [2.05, 4.69) is 30.2 Å². The molecule has 0 saturated carbocycles. The highest BCUT2D eigenvalue weighted by molar-refractivity contribution is 6.38. The van der Waals surface area contributed by atoms with Gasteiger partial charge in [0.15, 0.2) is 17.2 Å². The first kappa shape index (κ1) is 116. The van der Waals surface area contributed by atoms with Crippen LogP contribution < -0.4 is 45.2 Å². The van der Waals surface area contributed by atoms with Gasteiger partial charge in [-0.2, -0.15) is 18.7 Å². The van der Waals surface area contributed by atoms with E-state index in [4.69, 9.17) is 161 Å². The Hall–Kier alpha value is -11.1. The van der Waals surface area contributed by atoms with E-state index in [1.807, 2.05) is 0 Å². The molecule has 0 aliphatic rings. The molecule has 53 heteroatoms. The van der Waals surface area contributed by atoms with E-state index in [1.165, 1.54) is 71.9 Å². The molecular weight excluding hydrogens is 2170 g/mol. The third-order valence-corrected chi connectivity index (χ3v) is 23.2. The molecule has 14 aromatic rings. The smallest absolute Gasteiger partial charge is 0.329 e. The molecule has 8 heterocycles. The van der Waals surface area contributed by atoms with E-state index in [0.29, 0.717) is 117 Å². The number of ether oxygens (including phenoxy) is 1. The fourth-order valence-electron chi connectivity index (χ4n) is 13.4. The number of aromatic amines is 2. The molecule has 142 heavy (non-hydrogen) atoms. The number of H-pyrrole nitrogens is 2. The van der Waals surface area contributed by atoms with E-state index in [0.717, 1.165) is 48.2 Å². The highest BCUT2D eigenvalue weighted by atomic mass is 35.5. The molecule has 1 amide bonds. The zero-order chi connectivity index (χ0) is 104. The molecule has 0 radical (unpaired) electrons. The SMILES string of the molecule is CCOC(=O)Cn1cc(Cc2ccc(Cl)cc2Cl)n(CC(F)F)c1=O.Cl.NCC(=O)Cc1ccc(Cl)cc1Cl.Nc1ccc(F)nc1NC(=O)Cn1cc(Cc2ccc(Cl)cc2Cl)n(CC(F)F)c1=O.O=C(O)Cn1cc(Cc2ccc(Cl)cc2Cl)n(CC(F)F)c1=O.O=c1[nH]cc(Cc2ccc(Cl)cc2Cl)n1CC(F)F.O=c1n(Cc2nc3nc(F)ccc3[nH]2)cc(Cc2ccc(Cl)cc2Cl)n1CC(F)F. The van der Waals surface area contributed by atoms with Gasteiger partial charge < -0.3 is 36.6 Å². The summed E-state index contributed by atoms with van der Waals surface area (Å²) in [6, 6.07) is 34.0. The number of hydrogen-bond donors (Lipinski definition) is 6. The van der Waals surface area contributed by atoms with Crippen molar-refractivity contribution < 1.29 is 81.7 Å². The van der Waals surface area contributed by atoms with E-state index in [1.54, 1.807) is 97.9 Å². The Kier molecular flexibility index (Phi) is 44.6. The lowest BCUT2D eigenvalue weighted by Crippen LogP contribution is -2.31. The van der Waals surface area contributed by atoms with Gasteiger partial charge in [-0.3, -0.25) is 60.3 Å². The number of amides is 1. The number of halogens is 25. The number of aliphatic carboxylic acids is 1. The number of nitrogen functional groups attached to an aromatic ring is 1. The number of hydrogen-bond acceptors (Lipinski definition) is 15. The van der Waals surface area contributed by atoms with Crippen molar-refractivity contribution in [2.75, 3.05) is 24.2 Å². The highest BCUT2D eigenvalue weighted by Crippen LogP contribution is 2.31. The molecule has 0 saturated heterocycles. The third-order valence-electron chi connectivity index (χ3n) is 19.7. The van der Waals surface area contributed by atoms with E-state index >= 15 is 0 Å². The average Bonchev–Trinajstić information content (AvgIpc) is 1.66. The largest absolute Gasteiger partial charge is 0.480 e. The Morgan fingerprint density at radius 2 is 0.761 bits per heavy atom. The molecule has 0 atom stereocenters. The van der Waals surface area contributed by atoms with Gasteiger partial charge in [0.1, 0.15) is 25.5 Å². The zero-order valence-electron chi connectivity index (χ0n) is 73.0. The second kappa shape index (κ2) is 54.6. The van der Waals surface area contributed by atoms with Crippen molar-refractivity contribution in [3.63, 3.8) is 0 Å². The van der Waals surface area contributed by atoms with Gasteiger partial charge in [-0.1, -0.05) is 176 Å². The summed E-state index contributed by atoms with van der Waals surface area (Å²) in [5.41, 5.74) is 13.5. The monoisotopic (exact) mass is 2240 g/mol. The summed E-state index contributed by atoms with van der Waals surface area (Å²) in [6.45, 7) is -3.47. The Morgan fingerprint density at radius 3 is 1.12 bits per heavy atom. The summed E-state index contributed by atoms with van der Waals surface area (Å²) in [4.78, 5) is 123. The maximum Gasteiger partial charge on any atom is 0.329 e. The van der Waals surface area contributed by atoms with Crippen LogP contribution in [0.1, 0.15) is 74.6 Å². The standard InChI is InChI=1S/C19H16Cl2F3N5O2.C19H14Cl2F3N5O.C16H16Cl2F2N2O3.C14H12Cl2F2N2O3.C12H10Cl2F2N2O.C9H9Cl2NO.ClH/c20-11-2-1-10(13(21)6-11)5-12-7-28(19(31)29(12)8-15(22)23)9-17(30)27-18-14(25)3-4-16(24)26-18;20-11-2-1-10(13(21)6-11)5-12-7-28(19(30)29(12)8-15(22)23)9-17-25-14-3-4-16(24)26-18(14)27-17;1-2-25-15(23)9-21-7-12(22(16(21)24)8-14(19)20)5-10-3-4-11(17)6-13(10)18;15-9-2-1-8(11(16)4-9)3-10-5-19(7-13(21)22)14(23)20(10)6-12(17)18;13-8-2-1-7(10(14)4-8)3-9-5-17-12(19)18(9)6-11(15)16;10-7-2-1-6(9(11)4-7)3-8(13)5-12;/h1-4,6-7,15H,5,8-9,25H2,(H,26,27,30);1-4,6-7,15H,5,8-9H2,(H,25,26,27);3-4,6-7,14H,2,5,8-9H2,1H3;1-2,4-5,12H,3,6-7H2,(H,21,22);1-2,4-5,11H,3,6H2,(H,17,19);1-2,4H,3,5,12H2;1H. The molecule has 0 bridgehead atoms. The summed E-state index contributed by atoms with van der Waals surface area (Å²) in [6.07, 6.45) is -5.72. The minimum absolute atomic E-state index is 0. The molecule has 0 aliphatic heterocycles. The molecular formula is C89H78Cl13F12N17O11. The number of carboxylic acids is 1. The number of carbonyl (C=O) groups excluding carboxylic acids is 3. The van der Waals surface area contributed by atoms with Crippen molar-refractivity contribution in [2.45, 2.75) is 136 Å². The van der Waals surface area contributed by atoms with Gasteiger partial charge >= 0.3 is 40.4 Å². The van der Waals surface area contributed by atoms with Crippen molar-refractivity contribution in [3.8, 4) is 0 Å². The Balaban J connectivity index is 0.000000212. The summed E-state index contributed by atoms with van der Waals surface area (Å²) < 4.78 is 168. The lowest BCUT2D eigenvalue weighted by molar-refractivity contribution is -0.144. The number of esters is 1. The Morgan fingerprint density at radius 1 is 0.430 bits per heavy atom. The van der Waals surface area contributed by atoms with Crippen molar-refractivity contribution in [2.24, 2.45) is 5.73 Å². The number of ketones is 1. The minimum Gasteiger partial charge on any atom is -0.480 e. The normalized spacial score (nSPS) is 11.1. The molecule has 8 N–H and O–H groups in total. The van der Waals surface area contributed by atoms with Gasteiger partial charge in [-0.05, 0) is 137 Å². The number of pyridine rings is 2. The van der Waals surface area contributed by atoms with Crippen LogP contribution in [0.15, 0.2) is 188 Å². The lowest BCUT2D eigenvalue weighted by Gasteiger charge is -2.08. The number of imidazole rings is 6. The second-order valence-corrected chi connectivity index (χ2v) is 35.0. The first-order chi connectivity index (χ1) is 66.6. The molecule has 8 aromatic heterocycles. The van der Waals surface area contributed by atoms with Crippen molar-refractivity contribution >= 4 is 198 Å². The minimum atomic E-state index is -2.79. The fourth-order valence-corrected chi connectivity index (χ4v) is 16.2. The first-order valence-corrected chi connectivity index (χ1v) is 45.5. The van der Waals surface area contributed by atoms with Gasteiger partial charge in [0.2, 0.25) is 17.8 Å². The number of fused-ring (bicyclic) bond motifs is 1. The number of nitrogens with one attached hydrogen (secondary N) is 3. The predicted octanol–water partition coefficient (Wildman–Crippen LogP) is 19.9. The molecule has 0 aliphatic carbocycles. The quantitative estimate of drug-likeness (QED) is 0.0126. The van der Waals surface area contributed by atoms with Crippen LogP contribution in [0.3, 0.4) is 0 Å². The third kappa shape index (κ3) is 34.6. The number of anilines is 2. The van der Waals surface area contributed by atoms with Crippen LogP contribution in [0.4, 0.5) is 64.2 Å². The number of nitrogens with two attached hydrogens (primary N) is 2. The maximum absolute atomic E-state index is 13.3. The lowest BCUT2D eigenvalue weighted by atomic mass is 10.1. The van der Waals surface area contributed by atoms with Crippen molar-refractivity contribution in [1.29, 1.82) is 0 Å². The number of aromatic nitrogens is 14. The number of carboxylic acid groups (broad SMARTS) is 1. The first-order valence-electron chi connectivity index (χ1n) is 40.9. The predicted molar refractivity (Wildman–Crippen MR) is 522 cm³/mol. The van der Waals surface area contributed by atoms with E-state index in [9.17, 15) is 95.8 Å². The summed E-state index contributed by atoms with van der Waals surface area (Å²) in [7, 11) is 0. The van der Waals surface area contributed by atoms with Crippen LogP contribution in [0.25, 0.3) is 11.2 Å². The maximum atomic E-state index is 13.3. The molecule has 0 unspecified atom stereocenters. The van der Waals surface area contributed by atoms with Gasteiger partial charge in [0.25, 0.3) is 32.1 Å². The molecule has 6 aromatic carbocycles. The Bertz CT molecular complexity index is 7110. The molecule has 28 nitrogen and oxygen atoms in total. The average molecular weight is 2250 g/mol. The molecule has 760 valence electrons. The number of alkyl halides is 10. The Labute approximate surface area is 862 Å². The van der Waals surface area contributed by atoms with Crippen LogP contribution >= 0.6 is 152 Å². The summed E-state index contributed by atoms with van der Waals surface area (Å²) in [5.74, 6) is -4.03. The second-order valence-electron chi connectivity index (χ2n) is 29.9. The number of Topliss-reactive ketones (excluding diaryl/α,β-unsaturated/α-hetero) is 1. The summed E-state index contributed by atoms with van der Waals surface area (Å²) in [5, 5.41) is 16.2. The van der Waals surface area contributed by atoms with Crippen molar-refractivity contribution in [3.05, 3.63) is 357 Å². The number of nitrogens with zero attached hydrogens (tertiary/aromatic N) is 12. The molecule has 0 fully saturated rings. The summed E-state index contributed by atoms with van der Waals surface area (Å²) >= 11 is 71.2. The van der Waals surface area contributed by atoms with Crippen LogP contribution in [0.2, 0.25) is 60.3 Å². The van der Waals surface area contributed by atoms with Crippen LogP contribution in [0, 0.1) is 11.9 Å². The van der Waals surface area contributed by atoms with Crippen LogP contribution in [-0.2, 0) is 121 Å². The van der Waals surface area contributed by atoms with E-state index in [-0.39, 0.29) is 111 Å². The van der Waals surface area contributed by atoms with E-state index < -0.39 is 136 Å². The number of rotatable bonds is 33. The van der Waals surface area contributed by atoms with Gasteiger partial charge in [-0.25, -0.2) is 72.9 Å². The highest BCUT2D eigenvalue weighted by Gasteiger charge is 2.26. The number of benzene rings is 6. The van der Waals surface area contributed by atoms with Gasteiger partial charge in [0, 0.05) is 158 Å². The van der Waals surface area contributed by atoms with Crippen LogP contribution in [-0.4, -0.2) is 140 Å². The number of carbonyl (C=O) groups is 4.